The maximum absolute atomic E-state index is 9.44. The van der Waals surface area contributed by atoms with Crippen molar-refractivity contribution in [2.45, 2.75) is 12.5 Å². The minimum absolute atomic E-state index is 0.267. The van der Waals surface area contributed by atoms with Gasteiger partial charge in [-0.1, -0.05) is 42.5 Å². The van der Waals surface area contributed by atoms with Crippen molar-refractivity contribution in [2.75, 3.05) is 20.7 Å². The Balaban J connectivity index is 0.000000231. The van der Waals surface area contributed by atoms with Gasteiger partial charge in [-0.05, 0) is 42.8 Å². The molecule has 23 heavy (non-hydrogen) atoms. The molecule has 0 saturated heterocycles. The lowest BCUT2D eigenvalue weighted by Crippen LogP contribution is -2.25. The molecule has 3 N–H and O–H groups in total. The van der Waals surface area contributed by atoms with Gasteiger partial charge in [-0.15, -0.1) is 0 Å². The van der Waals surface area contributed by atoms with Gasteiger partial charge < -0.3 is 20.3 Å². The lowest BCUT2D eigenvalue weighted by molar-refractivity contribution is 0.175. The monoisotopic (exact) mass is 315 g/mol. The third kappa shape index (κ3) is 8.66. The first-order valence-electron chi connectivity index (χ1n) is 7.50. The van der Waals surface area contributed by atoms with Crippen molar-refractivity contribution in [3.63, 3.8) is 0 Å². The second-order valence-corrected chi connectivity index (χ2v) is 5.03. The molecule has 0 bridgehead atoms. The third-order valence-electron chi connectivity index (χ3n) is 3.02. The zero-order valence-corrected chi connectivity index (χ0v) is 13.6. The molecule has 1 atom stereocenters. The zero-order valence-electron chi connectivity index (χ0n) is 13.6. The smallest absolute Gasteiger partial charge is 0.116 e. The fourth-order valence-corrected chi connectivity index (χ4v) is 1.97. The molecule has 0 fully saturated rings. The molecule has 2 aromatic carbocycles. The van der Waals surface area contributed by atoms with E-state index in [-0.39, 0.29) is 11.9 Å². The number of hydrogen-bond donors (Lipinski definition) is 3. The molecule has 124 valence electrons. The van der Waals surface area contributed by atoms with E-state index in [4.69, 9.17) is 9.84 Å². The molecule has 1 unspecified atom stereocenters. The predicted molar refractivity (Wildman–Crippen MR) is 94.2 cm³/mol. The quantitative estimate of drug-likeness (QED) is 0.717. The summed E-state index contributed by atoms with van der Waals surface area (Å²) in [6.45, 7) is 0.648. The molecule has 0 spiro atoms. The van der Waals surface area contributed by atoms with Crippen LogP contribution in [0.25, 0.3) is 6.08 Å². The van der Waals surface area contributed by atoms with Crippen LogP contribution in [0.4, 0.5) is 0 Å². The Morgan fingerprint density at radius 3 is 2.48 bits per heavy atom. The largest absolute Gasteiger partial charge is 0.508 e. The molecule has 0 heterocycles. The maximum atomic E-state index is 9.44. The summed E-state index contributed by atoms with van der Waals surface area (Å²) >= 11 is 0. The van der Waals surface area contributed by atoms with E-state index in [1.54, 1.807) is 37.6 Å². The van der Waals surface area contributed by atoms with Gasteiger partial charge in [-0.2, -0.15) is 0 Å². The number of hydrogen-bond acceptors (Lipinski definition) is 4. The van der Waals surface area contributed by atoms with Crippen molar-refractivity contribution >= 4 is 6.08 Å². The Morgan fingerprint density at radius 2 is 1.87 bits per heavy atom. The number of likely N-dealkylation sites (N-methyl/N-ethyl adjacent to an activating group) is 1. The van der Waals surface area contributed by atoms with Crippen molar-refractivity contribution < 1.29 is 14.9 Å². The first-order chi connectivity index (χ1) is 11.2. The number of aliphatic hydroxyl groups is 1. The van der Waals surface area contributed by atoms with E-state index < -0.39 is 0 Å². The van der Waals surface area contributed by atoms with E-state index in [1.807, 2.05) is 43.4 Å². The Kier molecular flexibility index (Phi) is 9.20. The highest BCUT2D eigenvalue weighted by Gasteiger charge is 2.02. The van der Waals surface area contributed by atoms with E-state index in [9.17, 15) is 5.11 Å². The van der Waals surface area contributed by atoms with Crippen molar-refractivity contribution in [1.29, 1.82) is 0 Å². The summed E-state index contributed by atoms with van der Waals surface area (Å²) in [7, 11) is 3.42. The first-order valence-corrected chi connectivity index (χ1v) is 7.50. The van der Waals surface area contributed by atoms with Crippen LogP contribution in [0.1, 0.15) is 11.1 Å². The van der Waals surface area contributed by atoms with Gasteiger partial charge in [0.25, 0.3) is 0 Å². The number of phenols is 1. The lowest BCUT2D eigenvalue weighted by Gasteiger charge is -2.08. The van der Waals surface area contributed by atoms with Gasteiger partial charge in [0.15, 0.2) is 0 Å². The summed E-state index contributed by atoms with van der Waals surface area (Å²) in [5, 5.41) is 21.4. The summed E-state index contributed by atoms with van der Waals surface area (Å²) in [6, 6.07) is 17.0. The second-order valence-electron chi connectivity index (χ2n) is 5.03. The third-order valence-corrected chi connectivity index (χ3v) is 3.02. The highest BCUT2D eigenvalue weighted by Crippen LogP contribution is 2.11. The fraction of sp³-hybridized carbons (Fsp3) is 0.263. The summed E-state index contributed by atoms with van der Waals surface area (Å²) in [5.41, 5.74) is 2.10. The van der Waals surface area contributed by atoms with Crippen LogP contribution in [0.15, 0.2) is 60.9 Å². The number of phenolic OH excluding ortho intramolecular Hbond substituents is 1. The van der Waals surface area contributed by atoms with Gasteiger partial charge in [0.05, 0.1) is 19.5 Å². The van der Waals surface area contributed by atoms with E-state index in [0.29, 0.717) is 6.54 Å². The van der Waals surface area contributed by atoms with E-state index >= 15 is 0 Å². The maximum Gasteiger partial charge on any atom is 0.116 e. The van der Waals surface area contributed by atoms with Crippen LogP contribution in [-0.4, -0.2) is 37.0 Å². The minimum atomic E-state index is -0.280. The molecule has 0 radical (unpaired) electrons. The van der Waals surface area contributed by atoms with Crippen LogP contribution in [0.3, 0.4) is 0 Å². The normalized spacial score (nSPS) is 11.6. The second kappa shape index (κ2) is 11.3. The fourth-order valence-electron chi connectivity index (χ4n) is 1.97. The first kappa shape index (κ1) is 18.7. The molecule has 2 rings (SSSR count). The van der Waals surface area contributed by atoms with Crippen molar-refractivity contribution in [3.8, 4) is 5.75 Å². The summed E-state index contributed by atoms with van der Waals surface area (Å²) in [5.74, 6) is 0.267. The number of rotatable bonds is 6. The minimum Gasteiger partial charge on any atom is -0.508 e. The average Bonchev–Trinajstić information content (AvgIpc) is 2.55. The van der Waals surface area contributed by atoms with Gasteiger partial charge >= 0.3 is 0 Å². The Labute approximate surface area is 138 Å². The molecule has 0 amide bonds. The Morgan fingerprint density at radius 1 is 1.13 bits per heavy atom. The molecular weight excluding hydrogens is 290 g/mol. The van der Waals surface area contributed by atoms with Gasteiger partial charge in [0.2, 0.25) is 0 Å². The predicted octanol–water partition coefficient (Wildman–Crippen LogP) is 2.82. The van der Waals surface area contributed by atoms with E-state index in [1.165, 1.54) is 5.56 Å². The van der Waals surface area contributed by atoms with Crippen LogP contribution < -0.4 is 5.32 Å². The van der Waals surface area contributed by atoms with Crippen LogP contribution >= 0.6 is 0 Å². The standard InChI is InChI=1S/C10H15NO.C9H10O2/c1-11-8-10(12)7-9-5-3-2-4-6-9;1-11-6-5-8-3-2-4-9(10)7-8/h2-6,10-12H,7-8H2,1H3;2-7,10H,1H3/b;6-5-. The number of aromatic hydroxyl groups is 1. The van der Waals surface area contributed by atoms with Gasteiger partial charge in [0.1, 0.15) is 5.75 Å². The molecule has 0 aliphatic carbocycles. The highest BCUT2D eigenvalue weighted by atomic mass is 16.5. The number of ether oxygens (including phenoxy) is 1. The molecule has 0 aliphatic rings. The van der Waals surface area contributed by atoms with Gasteiger partial charge in [-0.25, -0.2) is 0 Å². The lowest BCUT2D eigenvalue weighted by atomic mass is 10.1. The molecule has 4 heteroatoms. The number of benzene rings is 2. The van der Waals surface area contributed by atoms with Gasteiger partial charge in [0, 0.05) is 6.54 Å². The molecular formula is C19H25NO3. The zero-order chi connectivity index (χ0) is 16.9. The highest BCUT2D eigenvalue weighted by molar-refractivity contribution is 5.50. The average molecular weight is 315 g/mol. The molecule has 0 aliphatic heterocycles. The topological polar surface area (TPSA) is 61.7 Å². The van der Waals surface area contributed by atoms with Crippen molar-refractivity contribution in [2.24, 2.45) is 0 Å². The van der Waals surface area contributed by atoms with Crippen LogP contribution in [0.2, 0.25) is 0 Å². The van der Waals surface area contributed by atoms with Gasteiger partial charge in [-0.3, -0.25) is 0 Å². The Hall–Kier alpha value is -2.30. The van der Waals surface area contributed by atoms with Crippen molar-refractivity contribution in [1.82, 2.24) is 5.32 Å². The molecule has 2 aromatic rings. The van der Waals surface area contributed by atoms with Crippen LogP contribution in [0, 0.1) is 0 Å². The number of nitrogens with one attached hydrogen (secondary N) is 1. The van der Waals surface area contributed by atoms with Crippen LogP contribution in [0.5, 0.6) is 5.75 Å². The van der Waals surface area contributed by atoms with Crippen LogP contribution in [-0.2, 0) is 11.2 Å². The number of methoxy groups -OCH3 is 1. The molecule has 0 saturated carbocycles. The van der Waals surface area contributed by atoms with E-state index in [0.717, 1.165) is 12.0 Å². The molecule has 0 aromatic heterocycles. The van der Waals surface area contributed by atoms with E-state index in [2.05, 4.69) is 5.32 Å². The Bertz CT molecular complexity index is 570. The molecule has 4 nitrogen and oxygen atoms in total. The SMILES string of the molecule is CNCC(O)Cc1ccccc1.CO/C=C\c1cccc(O)c1. The summed E-state index contributed by atoms with van der Waals surface area (Å²) in [6.07, 6.45) is 3.79. The summed E-state index contributed by atoms with van der Waals surface area (Å²) < 4.78 is 4.72. The summed E-state index contributed by atoms with van der Waals surface area (Å²) in [4.78, 5) is 0. The number of aliphatic hydroxyl groups excluding tert-OH is 1. The van der Waals surface area contributed by atoms with Crippen molar-refractivity contribution in [3.05, 3.63) is 72.0 Å².